The maximum atomic E-state index is 8.87. The first-order chi connectivity index (χ1) is 9.58. The Bertz CT molecular complexity index is 864. The van der Waals surface area contributed by atoms with Crippen LogP contribution in [0.15, 0.2) is 30.5 Å². The lowest BCUT2D eigenvalue weighted by molar-refractivity contribution is 0.939. The Balaban J connectivity index is 2.24. The van der Waals surface area contributed by atoms with Crippen molar-refractivity contribution >= 4 is 40.3 Å². The standard InChI is InChI=1S/C13H5Cl3N4/c14-7-1-2-9(10(15)3-7)11-6-20-12(13(16)18-11)4-8(5-17)19-20/h1-4,6H. The number of hydrogen-bond donors (Lipinski definition) is 0. The first-order valence-electron chi connectivity index (χ1n) is 5.50. The van der Waals surface area contributed by atoms with E-state index < -0.39 is 0 Å². The molecule has 4 nitrogen and oxygen atoms in total. The van der Waals surface area contributed by atoms with E-state index in [9.17, 15) is 0 Å². The van der Waals surface area contributed by atoms with E-state index >= 15 is 0 Å². The Morgan fingerprint density at radius 3 is 2.65 bits per heavy atom. The minimum absolute atomic E-state index is 0.252. The zero-order valence-electron chi connectivity index (χ0n) is 9.81. The van der Waals surface area contributed by atoms with Crippen molar-refractivity contribution in [1.29, 1.82) is 5.26 Å². The SMILES string of the molecule is N#Cc1cc2c(Cl)nc(-c3ccc(Cl)cc3Cl)cn2n1. The van der Waals surface area contributed by atoms with E-state index in [1.54, 1.807) is 30.5 Å². The molecule has 0 N–H and O–H groups in total. The molecule has 98 valence electrons. The van der Waals surface area contributed by atoms with Crippen LogP contribution in [0.2, 0.25) is 15.2 Å². The van der Waals surface area contributed by atoms with Gasteiger partial charge in [-0.05, 0) is 18.2 Å². The largest absolute Gasteiger partial charge is 0.234 e. The quantitative estimate of drug-likeness (QED) is 0.673. The number of nitrogens with zero attached hydrogens (tertiary/aromatic N) is 4. The molecule has 0 aliphatic carbocycles. The minimum Gasteiger partial charge on any atom is -0.234 e. The molecular weight excluding hydrogens is 319 g/mol. The molecule has 0 aliphatic heterocycles. The van der Waals surface area contributed by atoms with Gasteiger partial charge in [0.25, 0.3) is 0 Å². The highest BCUT2D eigenvalue weighted by atomic mass is 35.5. The maximum Gasteiger partial charge on any atom is 0.163 e. The fourth-order valence-corrected chi connectivity index (χ4v) is 2.57. The Morgan fingerprint density at radius 1 is 1.15 bits per heavy atom. The minimum atomic E-state index is 0.252. The number of fused-ring (bicyclic) bond motifs is 1. The first-order valence-corrected chi connectivity index (χ1v) is 6.63. The van der Waals surface area contributed by atoms with Gasteiger partial charge >= 0.3 is 0 Å². The summed E-state index contributed by atoms with van der Waals surface area (Å²) in [7, 11) is 0. The number of nitriles is 1. The summed E-state index contributed by atoms with van der Waals surface area (Å²) in [5, 5.41) is 14.2. The van der Waals surface area contributed by atoms with Gasteiger partial charge in [0.2, 0.25) is 0 Å². The number of aromatic nitrogens is 3. The Morgan fingerprint density at radius 2 is 1.95 bits per heavy atom. The van der Waals surface area contributed by atoms with Crippen LogP contribution in [-0.4, -0.2) is 14.6 Å². The molecule has 2 heterocycles. The van der Waals surface area contributed by atoms with Crippen LogP contribution in [0, 0.1) is 11.3 Å². The third-order valence-corrected chi connectivity index (χ3v) is 3.56. The van der Waals surface area contributed by atoms with Crippen molar-refractivity contribution in [3.8, 4) is 17.3 Å². The van der Waals surface area contributed by atoms with E-state index in [-0.39, 0.29) is 10.8 Å². The van der Waals surface area contributed by atoms with Crippen molar-refractivity contribution in [2.24, 2.45) is 0 Å². The first kappa shape index (κ1) is 13.2. The molecule has 0 fully saturated rings. The van der Waals surface area contributed by atoms with Crippen LogP contribution in [-0.2, 0) is 0 Å². The average Bonchev–Trinajstić information content (AvgIpc) is 2.82. The monoisotopic (exact) mass is 322 g/mol. The third-order valence-electron chi connectivity index (χ3n) is 2.73. The van der Waals surface area contributed by atoms with E-state index in [0.29, 0.717) is 26.8 Å². The van der Waals surface area contributed by atoms with Gasteiger partial charge in [-0.1, -0.05) is 34.8 Å². The van der Waals surface area contributed by atoms with Crippen LogP contribution < -0.4 is 0 Å². The molecule has 0 aliphatic rings. The van der Waals surface area contributed by atoms with Gasteiger partial charge < -0.3 is 0 Å². The van der Waals surface area contributed by atoms with Gasteiger partial charge in [0, 0.05) is 16.7 Å². The van der Waals surface area contributed by atoms with Crippen LogP contribution in [0.5, 0.6) is 0 Å². The van der Waals surface area contributed by atoms with E-state index in [4.69, 9.17) is 40.1 Å². The van der Waals surface area contributed by atoms with Gasteiger partial charge in [-0.2, -0.15) is 10.4 Å². The molecule has 2 aromatic heterocycles. The molecule has 3 aromatic rings. The summed E-state index contributed by atoms with van der Waals surface area (Å²) in [4.78, 5) is 4.28. The van der Waals surface area contributed by atoms with Crippen molar-refractivity contribution in [3.05, 3.63) is 51.4 Å². The number of hydrogen-bond acceptors (Lipinski definition) is 3. The molecule has 0 radical (unpaired) electrons. The van der Waals surface area contributed by atoms with Gasteiger partial charge in [-0.3, -0.25) is 0 Å². The fraction of sp³-hybridized carbons (Fsp3) is 0. The third kappa shape index (κ3) is 2.20. The topological polar surface area (TPSA) is 54.0 Å². The lowest BCUT2D eigenvalue weighted by Crippen LogP contribution is -1.94. The van der Waals surface area contributed by atoms with Gasteiger partial charge in [0.1, 0.15) is 11.6 Å². The summed E-state index contributed by atoms with van der Waals surface area (Å²) in [5.74, 6) is 0. The van der Waals surface area contributed by atoms with Crippen molar-refractivity contribution in [3.63, 3.8) is 0 Å². The second-order valence-corrected chi connectivity index (χ2v) is 5.21. The van der Waals surface area contributed by atoms with Gasteiger partial charge in [0.15, 0.2) is 10.8 Å². The van der Waals surface area contributed by atoms with E-state index in [2.05, 4.69) is 10.1 Å². The van der Waals surface area contributed by atoms with Crippen molar-refractivity contribution in [2.75, 3.05) is 0 Å². The zero-order chi connectivity index (χ0) is 14.3. The summed E-state index contributed by atoms with van der Waals surface area (Å²) < 4.78 is 1.51. The summed E-state index contributed by atoms with van der Waals surface area (Å²) in [5.41, 5.74) is 2.08. The second kappa shape index (κ2) is 4.95. The predicted octanol–water partition coefficient (Wildman–Crippen LogP) is 4.23. The molecule has 0 spiro atoms. The van der Waals surface area contributed by atoms with Gasteiger partial charge in [-0.15, -0.1) is 0 Å². The second-order valence-electron chi connectivity index (χ2n) is 4.01. The average molecular weight is 324 g/mol. The number of benzene rings is 1. The molecule has 0 saturated carbocycles. The maximum absolute atomic E-state index is 8.87. The molecule has 0 saturated heterocycles. The zero-order valence-corrected chi connectivity index (χ0v) is 12.1. The summed E-state index contributed by atoms with van der Waals surface area (Å²) >= 11 is 18.1. The molecule has 0 unspecified atom stereocenters. The van der Waals surface area contributed by atoms with E-state index in [1.807, 2.05) is 6.07 Å². The lowest BCUT2D eigenvalue weighted by atomic mass is 10.1. The molecule has 1 aromatic carbocycles. The van der Waals surface area contributed by atoms with E-state index in [1.165, 1.54) is 4.52 Å². The van der Waals surface area contributed by atoms with Crippen LogP contribution in [0.3, 0.4) is 0 Å². The van der Waals surface area contributed by atoms with Crippen molar-refractivity contribution in [2.45, 2.75) is 0 Å². The Labute approximate surface area is 129 Å². The van der Waals surface area contributed by atoms with Crippen LogP contribution in [0.1, 0.15) is 5.69 Å². The molecule has 0 atom stereocenters. The number of halogens is 3. The highest BCUT2D eigenvalue weighted by Crippen LogP contribution is 2.30. The molecule has 3 rings (SSSR count). The van der Waals surface area contributed by atoms with E-state index in [0.717, 1.165) is 0 Å². The van der Waals surface area contributed by atoms with Gasteiger partial charge in [-0.25, -0.2) is 9.50 Å². The van der Waals surface area contributed by atoms with Gasteiger partial charge in [0.05, 0.1) is 16.9 Å². The molecule has 7 heteroatoms. The smallest absolute Gasteiger partial charge is 0.163 e. The summed E-state index contributed by atoms with van der Waals surface area (Å²) in [6.07, 6.45) is 1.66. The van der Waals surface area contributed by atoms with Crippen LogP contribution in [0.4, 0.5) is 0 Å². The lowest BCUT2D eigenvalue weighted by Gasteiger charge is -2.06. The van der Waals surface area contributed by atoms with Crippen molar-refractivity contribution in [1.82, 2.24) is 14.6 Å². The van der Waals surface area contributed by atoms with Crippen LogP contribution in [0.25, 0.3) is 16.8 Å². The highest BCUT2D eigenvalue weighted by molar-refractivity contribution is 6.36. The summed E-state index contributed by atoms with van der Waals surface area (Å²) in [6.45, 7) is 0. The normalized spacial score (nSPS) is 10.7. The molecule has 0 amide bonds. The van der Waals surface area contributed by atoms with Crippen LogP contribution >= 0.6 is 34.8 Å². The highest BCUT2D eigenvalue weighted by Gasteiger charge is 2.12. The molecule has 20 heavy (non-hydrogen) atoms. The summed E-state index contributed by atoms with van der Waals surface area (Å²) in [6, 6.07) is 8.63. The predicted molar refractivity (Wildman–Crippen MR) is 78.2 cm³/mol. The van der Waals surface area contributed by atoms with Crippen molar-refractivity contribution < 1.29 is 0 Å². The Hall–Kier alpha value is -1.80. The Kier molecular flexibility index (Phi) is 3.27. The number of rotatable bonds is 1. The fourth-order valence-electron chi connectivity index (χ4n) is 1.84. The molecule has 0 bridgehead atoms. The molecular formula is C13H5Cl3N4.